The van der Waals surface area contributed by atoms with Gasteiger partial charge in [0.2, 0.25) is 5.91 Å². The molecule has 8 heteroatoms. The molecule has 1 N–H and O–H groups in total. The smallest absolute Gasteiger partial charge is 0.322 e. The van der Waals surface area contributed by atoms with Crippen molar-refractivity contribution in [3.8, 4) is 11.6 Å². The molecule has 1 aromatic carbocycles. The Kier molecular flexibility index (Phi) is 4.95. The fourth-order valence-corrected chi connectivity index (χ4v) is 2.66. The van der Waals surface area contributed by atoms with Crippen LogP contribution in [0.3, 0.4) is 0 Å². The van der Waals surface area contributed by atoms with Gasteiger partial charge in [0.15, 0.2) is 0 Å². The zero-order chi connectivity index (χ0) is 16.9. The quantitative estimate of drug-likeness (QED) is 0.692. The van der Waals surface area contributed by atoms with Crippen molar-refractivity contribution in [2.24, 2.45) is 0 Å². The standard InChI is InChI=1S/C16H17N5O2S/c1-11(2)21-9-8-13(20-21)15-18-19-16(23-15)17-14(22)10-24-12-6-4-3-5-7-12/h3-9,11H,10H2,1-2H3,(H,17,19,22). The molecule has 0 saturated heterocycles. The number of carbonyl (C=O) groups excluding carboxylic acids is 1. The first-order valence-corrected chi connectivity index (χ1v) is 8.47. The molecule has 7 nitrogen and oxygen atoms in total. The van der Waals surface area contributed by atoms with Crippen LogP contribution in [0.4, 0.5) is 6.01 Å². The number of anilines is 1. The molecule has 0 atom stereocenters. The van der Waals surface area contributed by atoms with E-state index in [1.165, 1.54) is 11.8 Å². The van der Waals surface area contributed by atoms with E-state index >= 15 is 0 Å². The monoisotopic (exact) mass is 343 g/mol. The van der Waals surface area contributed by atoms with Crippen LogP contribution in [0, 0.1) is 0 Å². The van der Waals surface area contributed by atoms with Crippen molar-refractivity contribution in [3.63, 3.8) is 0 Å². The maximum atomic E-state index is 11.9. The van der Waals surface area contributed by atoms with Gasteiger partial charge < -0.3 is 4.42 Å². The molecule has 2 aromatic heterocycles. The van der Waals surface area contributed by atoms with Crippen LogP contribution in [-0.4, -0.2) is 31.6 Å². The Hall–Kier alpha value is -2.61. The Morgan fingerprint density at radius 2 is 2.04 bits per heavy atom. The van der Waals surface area contributed by atoms with E-state index < -0.39 is 0 Å². The molecule has 2 heterocycles. The fraction of sp³-hybridized carbons (Fsp3) is 0.250. The van der Waals surface area contributed by atoms with Crippen LogP contribution in [0.1, 0.15) is 19.9 Å². The number of thioether (sulfide) groups is 1. The highest BCUT2D eigenvalue weighted by atomic mass is 32.2. The number of hydrogen-bond acceptors (Lipinski definition) is 6. The molecule has 24 heavy (non-hydrogen) atoms. The summed E-state index contributed by atoms with van der Waals surface area (Å²) in [6, 6.07) is 11.8. The highest BCUT2D eigenvalue weighted by Crippen LogP contribution is 2.20. The summed E-state index contributed by atoms with van der Waals surface area (Å²) in [6.45, 7) is 4.06. The fourth-order valence-electron chi connectivity index (χ4n) is 1.94. The van der Waals surface area contributed by atoms with Gasteiger partial charge in [0.25, 0.3) is 5.89 Å². The van der Waals surface area contributed by atoms with E-state index in [4.69, 9.17) is 4.42 Å². The summed E-state index contributed by atoms with van der Waals surface area (Å²) in [7, 11) is 0. The lowest BCUT2D eigenvalue weighted by Gasteiger charge is -2.02. The SMILES string of the molecule is CC(C)n1ccc(-c2nnc(NC(=O)CSc3ccccc3)o2)n1. The summed E-state index contributed by atoms with van der Waals surface area (Å²) in [6.07, 6.45) is 1.85. The number of nitrogens with one attached hydrogen (secondary N) is 1. The first-order valence-electron chi connectivity index (χ1n) is 7.48. The molecule has 0 radical (unpaired) electrons. The van der Waals surface area contributed by atoms with Gasteiger partial charge in [-0.1, -0.05) is 23.3 Å². The molecule has 3 rings (SSSR count). The minimum atomic E-state index is -0.202. The van der Waals surface area contributed by atoms with E-state index in [0.29, 0.717) is 5.69 Å². The number of aromatic nitrogens is 4. The molecular formula is C16H17N5O2S. The average molecular weight is 343 g/mol. The lowest BCUT2D eigenvalue weighted by Crippen LogP contribution is -2.14. The number of benzene rings is 1. The Balaban J connectivity index is 1.58. The molecule has 124 valence electrons. The van der Waals surface area contributed by atoms with Gasteiger partial charge in [-0.2, -0.15) is 5.10 Å². The van der Waals surface area contributed by atoms with Crippen LogP contribution >= 0.6 is 11.8 Å². The highest BCUT2D eigenvalue weighted by molar-refractivity contribution is 8.00. The summed E-state index contributed by atoms with van der Waals surface area (Å²) < 4.78 is 7.25. The van der Waals surface area contributed by atoms with Crippen LogP contribution in [0.25, 0.3) is 11.6 Å². The summed E-state index contributed by atoms with van der Waals surface area (Å²) in [5.74, 6) is 0.344. The first-order chi connectivity index (χ1) is 11.6. The topological polar surface area (TPSA) is 85.8 Å². The summed E-state index contributed by atoms with van der Waals surface area (Å²) in [5, 5.41) is 14.7. The van der Waals surface area contributed by atoms with Gasteiger partial charge in [-0.3, -0.25) is 14.8 Å². The lowest BCUT2D eigenvalue weighted by molar-refractivity contribution is -0.113. The minimum Gasteiger partial charge on any atom is -0.401 e. The van der Waals surface area contributed by atoms with Crippen molar-refractivity contribution in [1.29, 1.82) is 0 Å². The van der Waals surface area contributed by atoms with Gasteiger partial charge in [0, 0.05) is 17.1 Å². The molecule has 0 saturated carbocycles. The number of carbonyl (C=O) groups is 1. The van der Waals surface area contributed by atoms with E-state index in [1.807, 2.05) is 50.4 Å². The molecule has 3 aromatic rings. The number of rotatable bonds is 6. The maximum absolute atomic E-state index is 11.9. The molecule has 0 aliphatic rings. The largest absolute Gasteiger partial charge is 0.401 e. The summed E-state index contributed by atoms with van der Waals surface area (Å²) >= 11 is 1.44. The zero-order valence-corrected chi connectivity index (χ0v) is 14.2. The van der Waals surface area contributed by atoms with Gasteiger partial charge >= 0.3 is 6.01 Å². The maximum Gasteiger partial charge on any atom is 0.322 e. The molecule has 0 fully saturated rings. The van der Waals surface area contributed by atoms with E-state index in [1.54, 1.807) is 10.7 Å². The van der Waals surface area contributed by atoms with Crippen LogP contribution in [-0.2, 0) is 4.79 Å². The third-order valence-corrected chi connectivity index (χ3v) is 4.15. The van der Waals surface area contributed by atoms with Crippen LogP contribution in [0.5, 0.6) is 0 Å². The number of nitrogens with zero attached hydrogens (tertiary/aromatic N) is 4. The summed E-state index contributed by atoms with van der Waals surface area (Å²) in [4.78, 5) is 13.0. The van der Waals surface area contributed by atoms with Crippen LogP contribution < -0.4 is 5.32 Å². The Labute approximate surface area is 143 Å². The van der Waals surface area contributed by atoms with Crippen molar-refractivity contribution < 1.29 is 9.21 Å². The highest BCUT2D eigenvalue weighted by Gasteiger charge is 2.14. The molecule has 0 aliphatic heterocycles. The third kappa shape index (κ3) is 4.02. The van der Waals surface area contributed by atoms with Crippen LogP contribution in [0.15, 0.2) is 51.9 Å². The van der Waals surface area contributed by atoms with Gasteiger partial charge in [-0.25, -0.2) is 0 Å². The van der Waals surface area contributed by atoms with Crippen LogP contribution in [0.2, 0.25) is 0 Å². The molecule has 0 unspecified atom stereocenters. The van der Waals surface area contributed by atoms with Crippen molar-refractivity contribution >= 4 is 23.7 Å². The number of hydrogen-bond donors (Lipinski definition) is 1. The predicted octanol–water partition coefficient (Wildman–Crippen LogP) is 3.24. The minimum absolute atomic E-state index is 0.0720. The second kappa shape index (κ2) is 7.31. The van der Waals surface area contributed by atoms with E-state index in [0.717, 1.165) is 4.90 Å². The lowest BCUT2D eigenvalue weighted by atomic mass is 10.4. The number of amides is 1. The van der Waals surface area contributed by atoms with E-state index in [9.17, 15) is 4.79 Å². The average Bonchev–Trinajstić information content (AvgIpc) is 3.23. The molecule has 0 aliphatic carbocycles. The van der Waals surface area contributed by atoms with Crippen molar-refractivity contribution in [2.45, 2.75) is 24.8 Å². The van der Waals surface area contributed by atoms with Gasteiger partial charge in [0.05, 0.1) is 5.75 Å². The predicted molar refractivity (Wildman–Crippen MR) is 91.7 cm³/mol. The van der Waals surface area contributed by atoms with Crippen molar-refractivity contribution in [1.82, 2.24) is 20.0 Å². The Morgan fingerprint density at radius 1 is 1.25 bits per heavy atom. The summed E-state index contributed by atoms with van der Waals surface area (Å²) in [5.41, 5.74) is 0.579. The zero-order valence-electron chi connectivity index (χ0n) is 13.3. The van der Waals surface area contributed by atoms with E-state index in [-0.39, 0.29) is 29.6 Å². The molecular weight excluding hydrogens is 326 g/mol. The molecule has 1 amide bonds. The Bertz CT molecular complexity index is 813. The van der Waals surface area contributed by atoms with Crippen molar-refractivity contribution in [2.75, 3.05) is 11.1 Å². The van der Waals surface area contributed by atoms with Gasteiger partial charge in [-0.15, -0.1) is 16.9 Å². The van der Waals surface area contributed by atoms with Gasteiger partial charge in [0.1, 0.15) is 5.69 Å². The normalized spacial score (nSPS) is 11.0. The molecule has 0 bridgehead atoms. The molecule has 0 spiro atoms. The first kappa shape index (κ1) is 16.3. The third-order valence-electron chi connectivity index (χ3n) is 3.14. The second-order valence-electron chi connectivity index (χ2n) is 5.34. The van der Waals surface area contributed by atoms with Gasteiger partial charge in [-0.05, 0) is 32.0 Å². The Morgan fingerprint density at radius 3 is 2.75 bits per heavy atom. The van der Waals surface area contributed by atoms with E-state index in [2.05, 4.69) is 20.6 Å². The van der Waals surface area contributed by atoms with Crippen molar-refractivity contribution in [3.05, 3.63) is 42.6 Å². The second-order valence-corrected chi connectivity index (χ2v) is 6.39.